The minimum atomic E-state index is 0.650. The highest BCUT2D eigenvalue weighted by Crippen LogP contribution is 2.41. The molecule has 2 rings (SSSR count). The molecule has 2 atom stereocenters. The lowest BCUT2D eigenvalue weighted by Gasteiger charge is -2.45. The van der Waals surface area contributed by atoms with Crippen molar-refractivity contribution in [3.8, 4) is 0 Å². The molecule has 2 fully saturated rings. The quantitative estimate of drug-likeness (QED) is 0.789. The van der Waals surface area contributed by atoms with Crippen molar-refractivity contribution in [2.24, 2.45) is 11.3 Å². The summed E-state index contributed by atoms with van der Waals surface area (Å²) in [6, 6.07) is 0.724. The normalized spacial score (nSPS) is 32.1. The van der Waals surface area contributed by atoms with Crippen LogP contribution in [-0.4, -0.2) is 37.1 Å². The van der Waals surface area contributed by atoms with E-state index in [-0.39, 0.29) is 0 Å². The van der Waals surface area contributed by atoms with Gasteiger partial charge in [-0.2, -0.15) is 0 Å². The molecule has 2 unspecified atom stereocenters. The highest BCUT2D eigenvalue weighted by atomic mass is 15.2. The zero-order chi connectivity index (χ0) is 11.6. The van der Waals surface area contributed by atoms with Gasteiger partial charge in [-0.05, 0) is 24.2 Å². The summed E-state index contributed by atoms with van der Waals surface area (Å²) in [6.45, 7) is 12.2. The van der Waals surface area contributed by atoms with E-state index in [2.05, 4.69) is 31.0 Å². The zero-order valence-electron chi connectivity index (χ0n) is 11.3. The fourth-order valence-electron chi connectivity index (χ4n) is 3.13. The van der Waals surface area contributed by atoms with Crippen LogP contribution in [0.5, 0.6) is 0 Å². The van der Waals surface area contributed by atoms with Crippen LogP contribution in [0.3, 0.4) is 0 Å². The number of rotatable bonds is 4. The van der Waals surface area contributed by atoms with E-state index in [0.29, 0.717) is 5.41 Å². The van der Waals surface area contributed by atoms with Crippen LogP contribution in [0, 0.1) is 11.3 Å². The molecule has 0 aromatic rings. The van der Waals surface area contributed by atoms with Gasteiger partial charge in [0.25, 0.3) is 0 Å². The van der Waals surface area contributed by atoms with Crippen molar-refractivity contribution in [2.45, 2.75) is 52.5 Å². The predicted molar refractivity (Wildman–Crippen MR) is 69.6 cm³/mol. The highest BCUT2D eigenvalue weighted by molar-refractivity contribution is 4.90. The topological polar surface area (TPSA) is 15.3 Å². The maximum Gasteiger partial charge on any atom is 0.0221 e. The molecule has 94 valence electrons. The van der Waals surface area contributed by atoms with Crippen molar-refractivity contribution >= 4 is 0 Å². The maximum absolute atomic E-state index is 3.68. The van der Waals surface area contributed by atoms with E-state index in [1.54, 1.807) is 0 Å². The standard InChI is InChI=1S/C14H28N2/c1-4-12(2)13-10-16(9-8-15-13)11-14(3)6-5-7-14/h12-13,15H,4-11H2,1-3H3. The molecule has 0 spiro atoms. The summed E-state index contributed by atoms with van der Waals surface area (Å²) >= 11 is 0. The molecule has 1 saturated heterocycles. The van der Waals surface area contributed by atoms with Crippen LogP contribution in [0.2, 0.25) is 0 Å². The summed E-state index contributed by atoms with van der Waals surface area (Å²) < 4.78 is 0. The van der Waals surface area contributed by atoms with Crippen LogP contribution < -0.4 is 5.32 Å². The van der Waals surface area contributed by atoms with Crippen LogP contribution in [0.25, 0.3) is 0 Å². The third kappa shape index (κ3) is 2.78. The van der Waals surface area contributed by atoms with Gasteiger partial charge in [0.2, 0.25) is 0 Å². The number of hydrogen-bond donors (Lipinski definition) is 1. The largest absolute Gasteiger partial charge is 0.311 e. The van der Waals surface area contributed by atoms with E-state index in [0.717, 1.165) is 12.0 Å². The average Bonchev–Trinajstić information content (AvgIpc) is 2.26. The summed E-state index contributed by atoms with van der Waals surface area (Å²) in [5.41, 5.74) is 0.650. The Balaban J connectivity index is 1.82. The van der Waals surface area contributed by atoms with Gasteiger partial charge in [-0.3, -0.25) is 4.90 Å². The van der Waals surface area contributed by atoms with Gasteiger partial charge in [0.05, 0.1) is 0 Å². The lowest BCUT2D eigenvalue weighted by Crippen LogP contribution is -2.55. The lowest BCUT2D eigenvalue weighted by molar-refractivity contribution is 0.0607. The molecule has 2 heteroatoms. The minimum absolute atomic E-state index is 0.650. The van der Waals surface area contributed by atoms with Gasteiger partial charge in [-0.15, -0.1) is 0 Å². The van der Waals surface area contributed by atoms with E-state index in [4.69, 9.17) is 0 Å². The summed E-state index contributed by atoms with van der Waals surface area (Å²) in [6.07, 6.45) is 5.65. The first-order valence-electron chi connectivity index (χ1n) is 7.09. The maximum atomic E-state index is 3.68. The summed E-state index contributed by atoms with van der Waals surface area (Å²) in [5.74, 6) is 0.817. The van der Waals surface area contributed by atoms with E-state index in [1.807, 2.05) is 0 Å². The summed E-state index contributed by atoms with van der Waals surface area (Å²) in [4.78, 5) is 2.70. The molecule has 1 aliphatic heterocycles. The molecule has 1 saturated carbocycles. The zero-order valence-corrected chi connectivity index (χ0v) is 11.3. The molecule has 1 heterocycles. The van der Waals surface area contributed by atoms with Crippen LogP contribution in [0.4, 0.5) is 0 Å². The van der Waals surface area contributed by atoms with Crippen molar-refractivity contribution < 1.29 is 0 Å². The molecule has 1 N–H and O–H groups in total. The second kappa shape index (κ2) is 5.05. The molecule has 1 aliphatic carbocycles. The number of hydrogen-bond acceptors (Lipinski definition) is 2. The number of piperazine rings is 1. The number of nitrogens with one attached hydrogen (secondary N) is 1. The molecule has 0 aromatic carbocycles. The van der Waals surface area contributed by atoms with E-state index in [9.17, 15) is 0 Å². The summed E-state index contributed by atoms with van der Waals surface area (Å²) in [7, 11) is 0. The van der Waals surface area contributed by atoms with Crippen molar-refractivity contribution in [1.82, 2.24) is 10.2 Å². The van der Waals surface area contributed by atoms with Crippen molar-refractivity contribution in [2.75, 3.05) is 26.2 Å². The Kier molecular flexibility index (Phi) is 3.91. The van der Waals surface area contributed by atoms with Gasteiger partial charge < -0.3 is 5.32 Å². The Morgan fingerprint density at radius 3 is 2.75 bits per heavy atom. The van der Waals surface area contributed by atoms with E-state index < -0.39 is 0 Å². The average molecular weight is 224 g/mol. The molecule has 2 aliphatic rings. The Hall–Kier alpha value is -0.0800. The van der Waals surface area contributed by atoms with Gasteiger partial charge in [0.15, 0.2) is 0 Å². The third-order valence-electron chi connectivity index (χ3n) is 4.79. The first kappa shape index (κ1) is 12.4. The molecule has 16 heavy (non-hydrogen) atoms. The minimum Gasteiger partial charge on any atom is -0.311 e. The van der Waals surface area contributed by atoms with E-state index >= 15 is 0 Å². The Morgan fingerprint density at radius 2 is 2.19 bits per heavy atom. The third-order valence-corrected chi connectivity index (χ3v) is 4.79. The summed E-state index contributed by atoms with van der Waals surface area (Å²) in [5, 5.41) is 3.68. The molecule has 0 amide bonds. The molecule has 2 nitrogen and oxygen atoms in total. The predicted octanol–water partition coefficient (Wildman–Crippen LogP) is 2.50. The number of nitrogens with zero attached hydrogens (tertiary/aromatic N) is 1. The smallest absolute Gasteiger partial charge is 0.0221 e. The van der Waals surface area contributed by atoms with Gasteiger partial charge in [-0.1, -0.05) is 33.6 Å². The second-order valence-electron chi connectivity index (χ2n) is 6.35. The fraction of sp³-hybridized carbons (Fsp3) is 1.00. The second-order valence-corrected chi connectivity index (χ2v) is 6.35. The van der Waals surface area contributed by atoms with Gasteiger partial charge in [0.1, 0.15) is 0 Å². The lowest BCUT2D eigenvalue weighted by atomic mass is 9.70. The van der Waals surface area contributed by atoms with Gasteiger partial charge in [-0.25, -0.2) is 0 Å². The molecular weight excluding hydrogens is 196 g/mol. The molecular formula is C14H28N2. The Bertz CT molecular complexity index is 223. The molecule has 0 aromatic heterocycles. The Labute approximate surface area is 101 Å². The molecule has 0 radical (unpaired) electrons. The Morgan fingerprint density at radius 1 is 1.44 bits per heavy atom. The fourth-order valence-corrected chi connectivity index (χ4v) is 3.13. The first-order valence-corrected chi connectivity index (χ1v) is 7.09. The highest BCUT2D eigenvalue weighted by Gasteiger charge is 2.35. The van der Waals surface area contributed by atoms with Gasteiger partial charge >= 0.3 is 0 Å². The van der Waals surface area contributed by atoms with Crippen molar-refractivity contribution in [3.63, 3.8) is 0 Å². The van der Waals surface area contributed by atoms with E-state index in [1.165, 1.54) is 51.9 Å². The van der Waals surface area contributed by atoms with Crippen LogP contribution in [-0.2, 0) is 0 Å². The first-order chi connectivity index (χ1) is 7.63. The van der Waals surface area contributed by atoms with Crippen LogP contribution in [0.1, 0.15) is 46.5 Å². The van der Waals surface area contributed by atoms with Crippen LogP contribution in [0.15, 0.2) is 0 Å². The molecule has 0 bridgehead atoms. The monoisotopic (exact) mass is 224 g/mol. The van der Waals surface area contributed by atoms with Crippen LogP contribution >= 0.6 is 0 Å². The van der Waals surface area contributed by atoms with Crippen molar-refractivity contribution in [1.29, 1.82) is 0 Å². The SMILES string of the molecule is CCC(C)C1CN(CC2(C)CCC2)CCN1. The van der Waals surface area contributed by atoms with Crippen molar-refractivity contribution in [3.05, 3.63) is 0 Å². The van der Waals surface area contributed by atoms with Gasteiger partial charge in [0, 0.05) is 32.2 Å².